The predicted molar refractivity (Wildman–Crippen MR) is 91.1 cm³/mol. The monoisotopic (exact) mass is 309 g/mol. The molecule has 0 saturated heterocycles. The number of hydrogen-bond donors (Lipinski definition) is 1. The van der Waals surface area contributed by atoms with Crippen LogP contribution >= 0.6 is 0 Å². The van der Waals surface area contributed by atoms with E-state index in [-0.39, 0.29) is 5.75 Å². The van der Waals surface area contributed by atoms with Crippen molar-refractivity contribution in [3.63, 3.8) is 0 Å². The number of hydrogen-bond acceptors (Lipinski definition) is 2. The summed E-state index contributed by atoms with van der Waals surface area (Å²) in [5.41, 5.74) is 1.82. The Hall–Kier alpha value is -1.29. The minimum absolute atomic E-state index is 0.204. The molecule has 3 nitrogen and oxygen atoms in total. The third kappa shape index (κ3) is 7.90. The van der Waals surface area contributed by atoms with Gasteiger partial charge in [-0.3, -0.25) is 4.72 Å². The molecule has 0 bridgehead atoms. The van der Waals surface area contributed by atoms with E-state index in [0.29, 0.717) is 5.69 Å². The van der Waals surface area contributed by atoms with Gasteiger partial charge in [-0.05, 0) is 43.9 Å². The lowest BCUT2D eigenvalue weighted by atomic mass is 10.1. The Bertz CT molecular complexity index is 535. The molecule has 1 aromatic carbocycles. The normalized spacial score (nSPS) is 11.9. The fourth-order valence-electron chi connectivity index (χ4n) is 2.16. The summed E-state index contributed by atoms with van der Waals surface area (Å²) in [6.07, 6.45) is 9.95. The highest BCUT2D eigenvalue weighted by Gasteiger charge is 2.10. The second-order valence-corrected chi connectivity index (χ2v) is 7.13. The Morgan fingerprint density at radius 3 is 2.71 bits per heavy atom. The number of aryl methyl sites for hydroxylation is 1. The molecule has 0 amide bonds. The number of nitrogens with one attached hydrogen (secondary N) is 1. The topological polar surface area (TPSA) is 46.2 Å². The first-order chi connectivity index (χ1) is 10.1. The van der Waals surface area contributed by atoms with Gasteiger partial charge in [0.1, 0.15) is 0 Å². The van der Waals surface area contributed by atoms with Crippen LogP contribution in [0, 0.1) is 0 Å². The fraction of sp³-hybridized carbons (Fsp3) is 0.529. The van der Waals surface area contributed by atoms with Gasteiger partial charge in [0, 0.05) is 5.69 Å². The highest BCUT2D eigenvalue weighted by atomic mass is 32.2. The van der Waals surface area contributed by atoms with Crippen LogP contribution < -0.4 is 4.72 Å². The number of benzene rings is 1. The van der Waals surface area contributed by atoms with Crippen LogP contribution in [0.2, 0.25) is 0 Å². The van der Waals surface area contributed by atoms with Gasteiger partial charge in [0.25, 0.3) is 0 Å². The second-order valence-electron chi connectivity index (χ2n) is 5.29. The zero-order valence-corrected chi connectivity index (χ0v) is 14.0. The Morgan fingerprint density at radius 1 is 1.19 bits per heavy atom. The first-order valence-electron chi connectivity index (χ1n) is 7.78. The molecule has 1 aromatic rings. The molecule has 0 spiro atoms. The summed E-state index contributed by atoms with van der Waals surface area (Å²) in [5.74, 6) is 0.204. The highest BCUT2D eigenvalue weighted by molar-refractivity contribution is 7.92. The molecule has 0 heterocycles. The van der Waals surface area contributed by atoms with Crippen LogP contribution in [0.25, 0.3) is 0 Å². The molecule has 0 fully saturated rings. The molecule has 0 saturated carbocycles. The first kappa shape index (κ1) is 17.8. The standard InChI is InChI=1S/C17H27NO2S/c1-3-5-7-9-14-21(19,20)18-17-13-10-12-16(15-17)11-8-6-4-2/h4,6,10,12-13,15,18H,3,5,7-9,11,14H2,1-2H3/b6-4+. The van der Waals surface area contributed by atoms with Crippen LogP contribution in [0.4, 0.5) is 5.69 Å². The maximum Gasteiger partial charge on any atom is 0.232 e. The minimum atomic E-state index is -3.22. The van der Waals surface area contributed by atoms with Crippen LogP contribution in [0.1, 0.15) is 51.5 Å². The average molecular weight is 309 g/mol. The summed E-state index contributed by atoms with van der Waals surface area (Å²) in [6, 6.07) is 7.67. The van der Waals surface area contributed by atoms with E-state index in [0.717, 1.165) is 44.1 Å². The molecule has 1 rings (SSSR count). The van der Waals surface area contributed by atoms with Gasteiger partial charge in [0.15, 0.2) is 0 Å². The molecule has 0 unspecified atom stereocenters. The zero-order chi connectivity index (χ0) is 15.6. The molecule has 1 N–H and O–H groups in total. The van der Waals surface area contributed by atoms with Gasteiger partial charge in [-0.1, -0.05) is 50.5 Å². The van der Waals surface area contributed by atoms with Crippen molar-refractivity contribution in [3.05, 3.63) is 42.0 Å². The van der Waals surface area contributed by atoms with Crippen molar-refractivity contribution in [2.75, 3.05) is 10.5 Å². The SMILES string of the molecule is C/C=C/CCc1cccc(NS(=O)(=O)CCCCCC)c1. The van der Waals surface area contributed by atoms with E-state index in [9.17, 15) is 8.42 Å². The number of allylic oxidation sites excluding steroid dienone is 2. The zero-order valence-electron chi connectivity index (χ0n) is 13.1. The molecule has 0 aliphatic carbocycles. The van der Waals surface area contributed by atoms with Gasteiger partial charge < -0.3 is 0 Å². The largest absolute Gasteiger partial charge is 0.284 e. The van der Waals surface area contributed by atoms with E-state index in [1.807, 2.05) is 37.3 Å². The molecule has 0 atom stereocenters. The first-order valence-corrected chi connectivity index (χ1v) is 9.43. The van der Waals surface area contributed by atoms with E-state index in [4.69, 9.17) is 0 Å². The van der Waals surface area contributed by atoms with E-state index in [1.54, 1.807) is 0 Å². The lowest BCUT2D eigenvalue weighted by molar-refractivity contribution is 0.594. The van der Waals surface area contributed by atoms with Gasteiger partial charge >= 0.3 is 0 Å². The van der Waals surface area contributed by atoms with E-state index >= 15 is 0 Å². The molecule has 118 valence electrons. The summed E-state index contributed by atoms with van der Waals surface area (Å²) in [5, 5.41) is 0. The van der Waals surface area contributed by atoms with Crippen LogP contribution in [-0.2, 0) is 16.4 Å². The minimum Gasteiger partial charge on any atom is -0.284 e. The molecule has 0 aliphatic heterocycles. The maximum atomic E-state index is 12.0. The van der Waals surface area contributed by atoms with Gasteiger partial charge in [0.05, 0.1) is 5.75 Å². The summed E-state index contributed by atoms with van der Waals surface area (Å²) < 4.78 is 26.7. The maximum absolute atomic E-state index is 12.0. The number of rotatable bonds is 10. The summed E-state index contributed by atoms with van der Waals surface area (Å²) >= 11 is 0. The number of anilines is 1. The van der Waals surface area contributed by atoms with Gasteiger partial charge in [0.2, 0.25) is 10.0 Å². The van der Waals surface area contributed by atoms with Gasteiger partial charge in [-0.25, -0.2) is 8.42 Å². The van der Waals surface area contributed by atoms with Crippen molar-refractivity contribution in [2.45, 2.75) is 52.4 Å². The Kier molecular flexibility index (Phi) is 8.13. The van der Waals surface area contributed by atoms with Crippen molar-refractivity contribution in [1.29, 1.82) is 0 Å². The Morgan fingerprint density at radius 2 is 2.00 bits per heavy atom. The van der Waals surface area contributed by atoms with Gasteiger partial charge in [-0.15, -0.1) is 0 Å². The Balaban J connectivity index is 2.54. The summed E-state index contributed by atoms with van der Waals surface area (Å²) in [7, 11) is -3.22. The smallest absolute Gasteiger partial charge is 0.232 e. The van der Waals surface area contributed by atoms with E-state index in [2.05, 4.69) is 17.7 Å². The number of unbranched alkanes of at least 4 members (excludes halogenated alkanes) is 3. The van der Waals surface area contributed by atoms with Crippen molar-refractivity contribution in [1.82, 2.24) is 0 Å². The molecule has 21 heavy (non-hydrogen) atoms. The van der Waals surface area contributed by atoms with E-state index < -0.39 is 10.0 Å². The molecule has 0 aromatic heterocycles. The lowest BCUT2D eigenvalue weighted by Crippen LogP contribution is -2.16. The van der Waals surface area contributed by atoms with E-state index in [1.165, 1.54) is 0 Å². The van der Waals surface area contributed by atoms with Crippen LogP contribution in [0.15, 0.2) is 36.4 Å². The molecular formula is C17H27NO2S. The third-order valence-corrected chi connectivity index (χ3v) is 4.68. The Labute approximate surface area is 129 Å². The number of sulfonamides is 1. The third-order valence-electron chi connectivity index (χ3n) is 3.30. The molecular weight excluding hydrogens is 282 g/mol. The van der Waals surface area contributed by atoms with Crippen molar-refractivity contribution in [3.8, 4) is 0 Å². The highest BCUT2D eigenvalue weighted by Crippen LogP contribution is 2.15. The van der Waals surface area contributed by atoms with Crippen molar-refractivity contribution in [2.24, 2.45) is 0 Å². The van der Waals surface area contributed by atoms with Crippen LogP contribution in [0.5, 0.6) is 0 Å². The van der Waals surface area contributed by atoms with Gasteiger partial charge in [-0.2, -0.15) is 0 Å². The van der Waals surface area contributed by atoms with Crippen LogP contribution in [-0.4, -0.2) is 14.2 Å². The summed E-state index contributed by atoms with van der Waals surface area (Å²) in [6.45, 7) is 4.12. The quantitative estimate of drug-likeness (QED) is 0.510. The second kappa shape index (κ2) is 9.61. The lowest BCUT2D eigenvalue weighted by Gasteiger charge is -2.09. The molecule has 4 heteroatoms. The van der Waals surface area contributed by atoms with Crippen LogP contribution in [0.3, 0.4) is 0 Å². The molecule has 0 aliphatic rings. The summed E-state index contributed by atoms with van der Waals surface area (Å²) in [4.78, 5) is 0. The van der Waals surface area contributed by atoms with Crippen molar-refractivity contribution < 1.29 is 8.42 Å². The fourth-order valence-corrected chi connectivity index (χ4v) is 3.33. The molecule has 0 radical (unpaired) electrons. The van der Waals surface area contributed by atoms with Crippen molar-refractivity contribution >= 4 is 15.7 Å². The predicted octanol–water partition coefficient (Wildman–Crippen LogP) is 4.52. The average Bonchev–Trinajstić information content (AvgIpc) is 2.44.